The quantitative estimate of drug-likeness (QED) is 0.292. The minimum absolute atomic E-state index is 0.116. The van der Waals surface area contributed by atoms with Gasteiger partial charge in [0.25, 0.3) is 5.56 Å². The van der Waals surface area contributed by atoms with Crippen molar-refractivity contribution in [1.82, 2.24) is 19.4 Å². The number of likely N-dealkylation sites (tertiary alicyclic amines) is 1. The Morgan fingerprint density at radius 1 is 1.15 bits per heavy atom. The van der Waals surface area contributed by atoms with E-state index in [0.717, 1.165) is 36.8 Å². The van der Waals surface area contributed by atoms with Gasteiger partial charge in [-0.25, -0.2) is 9.97 Å². The second kappa shape index (κ2) is 10.3. The molecule has 2 atom stereocenters. The zero-order chi connectivity index (χ0) is 23.4. The number of para-hydroxylation sites is 2. The minimum Gasteiger partial charge on any atom is -0.437 e. The van der Waals surface area contributed by atoms with Gasteiger partial charge in [-0.3, -0.25) is 15.1 Å². The van der Waals surface area contributed by atoms with E-state index in [2.05, 4.69) is 28.7 Å². The highest BCUT2D eigenvalue weighted by atomic mass is 16.4. The van der Waals surface area contributed by atoms with Crippen LogP contribution in [0.25, 0.3) is 11.0 Å². The van der Waals surface area contributed by atoms with Gasteiger partial charge in [0.2, 0.25) is 5.89 Å². The van der Waals surface area contributed by atoms with E-state index >= 15 is 0 Å². The van der Waals surface area contributed by atoms with Crippen LogP contribution in [0.5, 0.6) is 0 Å². The van der Waals surface area contributed by atoms with E-state index in [4.69, 9.17) is 15.6 Å². The third kappa shape index (κ3) is 5.33. The number of nitrogens with one attached hydrogen (secondary N) is 1. The van der Waals surface area contributed by atoms with Crippen LogP contribution >= 0.6 is 0 Å². The van der Waals surface area contributed by atoms with E-state index in [1.54, 1.807) is 0 Å². The van der Waals surface area contributed by atoms with E-state index in [1.165, 1.54) is 25.5 Å². The first-order valence-corrected chi connectivity index (χ1v) is 12.0. The smallest absolute Gasteiger partial charge is 0.273 e. The van der Waals surface area contributed by atoms with Gasteiger partial charge in [0.05, 0.1) is 23.7 Å². The molecule has 1 fully saturated rings. The van der Waals surface area contributed by atoms with Crippen molar-refractivity contribution in [1.29, 1.82) is 5.41 Å². The van der Waals surface area contributed by atoms with Gasteiger partial charge in [0, 0.05) is 18.6 Å². The summed E-state index contributed by atoms with van der Waals surface area (Å²) < 4.78 is 7.32. The Morgan fingerprint density at radius 2 is 1.88 bits per heavy atom. The standard InChI is InChI=1S/C25H34N6O2/c1-17-9-8-10-18(2)30(17)13-6-3-7-14-31-21-12-5-4-11-19(21)29-20(25(31)32)15-23-28-16-22(33-23)24(26)27/h4-5,11-12,16-18H,3,6-10,13-15H2,1-2H3,(H3,26,27)/t17-,18+. The number of hydrogen-bond donors (Lipinski definition) is 2. The van der Waals surface area contributed by atoms with Gasteiger partial charge in [0.15, 0.2) is 11.6 Å². The first kappa shape index (κ1) is 23.2. The van der Waals surface area contributed by atoms with Crippen LogP contribution in [0, 0.1) is 5.41 Å². The summed E-state index contributed by atoms with van der Waals surface area (Å²) in [4.78, 5) is 24.6. The fourth-order valence-corrected chi connectivity index (χ4v) is 4.90. The first-order valence-electron chi connectivity index (χ1n) is 12.0. The van der Waals surface area contributed by atoms with Crippen LogP contribution in [0.2, 0.25) is 0 Å². The molecule has 33 heavy (non-hydrogen) atoms. The van der Waals surface area contributed by atoms with E-state index in [1.807, 2.05) is 28.8 Å². The molecule has 2 aromatic heterocycles. The molecule has 0 spiro atoms. The van der Waals surface area contributed by atoms with E-state index in [0.29, 0.717) is 30.2 Å². The highest BCUT2D eigenvalue weighted by molar-refractivity contribution is 5.91. The highest BCUT2D eigenvalue weighted by Gasteiger charge is 2.23. The first-order chi connectivity index (χ1) is 15.9. The van der Waals surface area contributed by atoms with Crippen LogP contribution in [0.3, 0.4) is 0 Å². The molecule has 1 aromatic carbocycles. The molecule has 0 saturated carbocycles. The summed E-state index contributed by atoms with van der Waals surface area (Å²) in [6.07, 6.45) is 8.66. The second-order valence-electron chi connectivity index (χ2n) is 9.14. The fraction of sp³-hybridized carbons (Fsp3) is 0.520. The summed E-state index contributed by atoms with van der Waals surface area (Å²) in [5.74, 6) is 0.339. The Hall–Kier alpha value is -3.00. The van der Waals surface area contributed by atoms with Crippen molar-refractivity contribution >= 4 is 16.9 Å². The van der Waals surface area contributed by atoms with E-state index in [9.17, 15) is 4.79 Å². The van der Waals surface area contributed by atoms with E-state index in [-0.39, 0.29) is 23.6 Å². The maximum atomic E-state index is 13.3. The normalized spacial score (nSPS) is 19.2. The van der Waals surface area contributed by atoms with Gasteiger partial charge in [-0.1, -0.05) is 25.0 Å². The van der Waals surface area contributed by atoms with Crippen LogP contribution in [-0.4, -0.2) is 43.9 Å². The zero-order valence-corrected chi connectivity index (χ0v) is 19.6. The zero-order valence-electron chi connectivity index (χ0n) is 19.6. The van der Waals surface area contributed by atoms with Crippen molar-refractivity contribution in [2.24, 2.45) is 5.73 Å². The van der Waals surface area contributed by atoms with Crippen molar-refractivity contribution in [3.05, 3.63) is 58.2 Å². The Bertz CT molecular complexity index is 1160. The number of unbranched alkanes of at least 4 members (excludes halogenated alkanes) is 2. The third-order valence-electron chi connectivity index (χ3n) is 6.73. The molecule has 0 aliphatic carbocycles. The predicted molar refractivity (Wildman–Crippen MR) is 130 cm³/mol. The largest absolute Gasteiger partial charge is 0.437 e. The monoisotopic (exact) mass is 450 g/mol. The molecule has 1 saturated heterocycles. The molecule has 0 amide bonds. The number of nitrogens with two attached hydrogens (primary N) is 1. The lowest BCUT2D eigenvalue weighted by Gasteiger charge is -2.39. The summed E-state index contributed by atoms with van der Waals surface area (Å²) in [7, 11) is 0. The van der Waals surface area contributed by atoms with Gasteiger partial charge >= 0.3 is 0 Å². The Balaban J connectivity index is 1.45. The number of amidine groups is 1. The van der Waals surface area contributed by atoms with Crippen LogP contribution in [0.4, 0.5) is 0 Å². The molecule has 0 bridgehead atoms. The molecule has 0 radical (unpaired) electrons. The molecule has 3 aromatic rings. The number of fused-ring (bicyclic) bond motifs is 1. The van der Waals surface area contributed by atoms with Crippen LogP contribution in [0.1, 0.15) is 69.7 Å². The van der Waals surface area contributed by atoms with Crippen LogP contribution in [0.15, 0.2) is 39.7 Å². The van der Waals surface area contributed by atoms with Crippen molar-refractivity contribution in [2.75, 3.05) is 6.54 Å². The number of nitrogen functional groups attached to an aromatic ring is 1. The van der Waals surface area contributed by atoms with Crippen molar-refractivity contribution in [2.45, 2.75) is 77.4 Å². The molecule has 8 nitrogen and oxygen atoms in total. The Kier molecular flexibility index (Phi) is 7.23. The molecular weight excluding hydrogens is 416 g/mol. The lowest BCUT2D eigenvalue weighted by Crippen LogP contribution is -2.44. The molecule has 8 heteroatoms. The maximum absolute atomic E-state index is 13.3. The Labute approximate surface area is 194 Å². The van der Waals surface area contributed by atoms with Crippen LogP contribution in [-0.2, 0) is 13.0 Å². The number of piperidine rings is 1. The average Bonchev–Trinajstić information content (AvgIpc) is 3.26. The van der Waals surface area contributed by atoms with Crippen molar-refractivity contribution < 1.29 is 4.42 Å². The number of oxazole rings is 1. The van der Waals surface area contributed by atoms with Gasteiger partial charge < -0.3 is 14.7 Å². The average molecular weight is 451 g/mol. The number of hydrogen-bond acceptors (Lipinski definition) is 6. The molecule has 1 aliphatic heterocycles. The molecule has 0 unspecified atom stereocenters. The molecular formula is C25H34N6O2. The SMILES string of the molecule is C[C@@H]1CCC[C@H](C)N1CCCCCn1c(=O)c(Cc2ncc(C(=N)N)o2)nc2ccccc21. The van der Waals surface area contributed by atoms with Crippen LogP contribution < -0.4 is 11.3 Å². The minimum atomic E-state index is -0.189. The summed E-state index contributed by atoms with van der Waals surface area (Å²) >= 11 is 0. The number of aromatic nitrogens is 3. The fourth-order valence-electron chi connectivity index (χ4n) is 4.90. The van der Waals surface area contributed by atoms with Crippen molar-refractivity contribution in [3.63, 3.8) is 0 Å². The number of nitrogens with zero attached hydrogens (tertiary/aromatic N) is 4. The topological polar surface area (TPSA) is 114 Å². The number of aryl methyl sites for hydroxylation is 1. The molecule has 4 rings (SSSR count). The van der Waals surface area contributed by atoms with Gasteiger partial charge in [-0.15, -0.1) is 0 Å². The summed E-state index contributed by atoms with van der Waals surface area (Å²) in [5.41, 5.74) is 7.36. The molecule has 176 valence electrons. The molecule has 1 aliphatic rings. The van der Waals surface area contributed by atoms with Gasteiger partial charge in [0.1, 0.15) is 5.69 Å². The second-order valence-corrected chi connectivity index (χ2v) is 9.14. The molecule has 3 N–H and O–H groups in total. The lowest BCUT2D eigenvalue weighted by molar-refractivity contribution is 0.101. The predicted octanol–water partition coefficient (Wildman–Crippen LogP) is 3.69. The van der Waals surface area contributed by atoms with Crippen molar-refractivity contribution in [3.8, 4) is 0 Å². The van der Waals surface area contributed by atoms with E-state index < -0.39 is 0 Å². The maximum Gasteiger partial charge on any atom is 0.273 e. The number of benzene rings is 1. The number of rotatable bonds is 9. The highest BCUT2D eigenvalue weighted by Crippen LogP contribution is 2.23. The lowest BCUT2D eigenvalue weighted by atomic mass is 9.97. The molecule has 3 heterocycles. The third-order valence-corrected chi connectivity index (χ3v) is 6.73. The van der Waals surface area contributed by atoms with Gasteiger partial charge in [-0.2, -0.15) is 0 Å². The summed E-state index contributed by atoms with van der Waals surface area (Å²) in [6.45, 7) is 6.46. The van der Waals surface area contributed by atoms with Gasteiger partial charge in [-0.05, 0) is 58.2 Å². The summed E-state index contributed by atoms with van der Waals surface area (Å²) in [5, 5.41) is 7.47. The summed E-state index contributed by atoms with van der Waals surface area (Å²) in [6, 6.07) is 9.07. The Morgan fingerprint density at radius 3 is 2.61 bits per heavy atom.